The Balaban J connectivity index is 1.38. The number of ether oxygens (including phenoxy) is 3. The van der Waals surface area contributed by atoms with Crippen molar-refractivity contribution in [3.8, 4) is 17.2 Å². The first-order valence-electron chi connectivity index (χ1n) is 14.0. The molecule has 0 saturated carbocycles. The van der Waals surface area contributed by atoms with Gasteiger partial charge in [-0.15, -0.1) is 0 Å². The smallest absolute Gasteiger partial charge is 0.332 e. The van der Waals surface area contributed by atoms with Gasteiger partial charge in [0, 0.05) is 42.7 Å². The molecule has 3 heterocycles. The van der Waals surface area contributed by atoms with E-state index in [0.29, 0.717) is 60.0 Å². The van der Waals surface area contributed by atoms with Crippen molar-refractivity contribution in [1.82, 2.24) is 19.1 Å². The lowest BCUT2D eigenvalue weighted by Crippen LogP contribution is -2.46. The number of nitro groups is 1. The molecule has 1 saturated heterocycles. The fraction of sp³-hybridized carbons (Fsp3) is 0.290. The highest BCUT2D eigenvalue weighted by Crippen LogP contribution is 2.36. The molecule has 0 N–H and O–H groups in total. The minimum absolute atomic E-state index is 0.123. The summed E-state index contributed by atoms with van der Waals surface area (Å²) in [6, 6.07) is 14.5. The van der Waals surface area contributed by atoms with Gasteiger partial charge in [-0.05, 0) is 42.7 Å². The molecule has 2 aromatic heterocycles. The summed E-state index contributed by atoms with van der Waals surface area (Å²) in [5.41, 5.74) is 0.636. The Hall–Kier alpha value is -5.46. The predicted octanol–water partition coefficient (Wildman–Crippen LogP) is 3.93. The number of piperidine rings is 1. The van der Waals surface area contributed by atoms with Crippen molar-refractivity contribution < 1.29 is 19.1 Å². The standard InChI is InChI=1S/C31H30N6O7/c1-42-22-7-4-19(5-8-22)17-35-26-9-6-21(37(40)41)14-24(26)30(38)36(31(35)39)20-10-12-34(13-11-20)29-23-15-27(43-2)28(44-3)16-25(23)32-18-33-29/h4-9,14-16,18,20H,10-13,17H2,1-3H3. The van der Waals surface area contributed by atoms with E-state index in [2.05, 4.69) is 14.9 Å². The van der Waals surface area contributed by atoms with Gasteiger partial charge in [0.1, 0.15) is 17.9 Å². The van der Waals surface area contributed by atoms with Crippen molar-refractivity contribution in [2.45, 2.75) is 25.4 Å². The number of anilines is 1. The lowest BCUT2D eigenvalue weighted by Gasteiger charge is -2.34. The highest BCUT2D eigenvalue weighted by molar-refractivity contribution is 5.92. The van der Waals surface area contributed by atoms with Crippen molar-refractivity contribution in [1.29, 1.82) is 0 Å². The number of aromatic nitrogens is 4. The summed E-state index contributed by atoms with van der Waals surface area (Å²) in [4.78, 5) is 49.9. The van der Waals surface area contributed by atoms with Crippen LogP contribution in [0.15, 0.2) is 70.5 Å². The summed E-state index contributed by atoms with van der Waals surface area (Å²) in [6.45, 7) is 1.21. The van der Waals surface area contributed by atoms with Gasteiger partial charge in [0.15, 0.2) is 11.5 Å². The molecule has 0 amide bonds. The fourth-order valence-electron chi connectivity index (χ4n) is 5.84. The van der Waals surface area contributed by atoms with E-state index in [1.807, 2.05) is 18.2 Å². The summed E-state index contributed by atoms with van der Waals surface area (Å²) in [5.74, 6) is 2.51. The van der Waals surface area contributed by atoms with Crippen LogP contribution in [0.5, 0.6) is 17.2 Å². The van der Waals surface area contributed by atoms with E-state index in [1.54, 1.807) is 39.5 Å². The zero-order valence-electron chi connectivity index (χ0n) is 24.4. The van der Waals surface area contributed by atoms with Gasteiger partial charge in [-0.1, -0.05) is 12.1 Å². The first-order valence-corrected chi connectivity index (χ1v) is 14.0. The van der Waals surface area contributed by atoms with Crippen LogP contribution in [0.3, 0.4) is 0 Å². The van der Waals surface area contributed by atoms with Gasteiger partial charge in [0.05, 0.1) is 49.2 Å². The molecule has 1 fully saturated rings. The third-order valence-corrected chi connectivity index (χ3v) is 8.12. The van der Waals surface area contributed by atoms with Crippen LogP contribution in [-0.4, -0.2) is 58.4 Å². The number of benzene rings is 3. The average molecular weight is 599 g/mol. The van der Waals surface area contributed by atoms with E-state index in [4.69, 9.17) is 14.2 Å². The first kappa shape index (κ1) is 28.6. The molecule has 0 atom stereocenters. The fourth-order valence-corrected chi connectivity index (χ4v) is 5.84. The molecular weight excluding hydrogens is 568 g/mol. The lowest BCUT2D eigenvalue weighted by molar-refractivity contribution is -0.384. The molecular formula is C31H30N6O7. The Kier molecular flexibility index (Phi) is 7.60. The zero-order valence-corrected chi connectivity index (χ0v) is 24.4. The van der Waals surface area contributed by atoms with Crippen LogP contribution >= 0.6 is 0 Å². The van der Waals surface area contributed by atoms with Gasteiger partial charge in [-0.3, -0.25) is 24.0 Å². The second-order valence-corrected chi connectivity index (χ2v) is 10.5. The normalized spacial score (nSPS) is 13.8. The number of fused-ring (bicyclic) bond motifs is 2. The van der Waals surface area contributed by atoms with Crippen LogP contribution < -0.4 is 30.4 Å². The molecule has 0 radical (unpaired) electrons. The molecule has 0 aliphatic carbocycles. The predicted molar refractivity (Wildman–Crippen MR) is 164 cm³/mol. The molecule has 0 bridgehead atoms. The first-order chi connectivity index (χ1) is 21.3. The SMILES string of the molecule is COc1ccc(Cn2c(=O)n(C3CCN(c4ncnc5cc(OC)c(OC)cc45)CC3)c(=O)c3cc([N+](=O)[O-])ccc32)cc1. The highest BCUT2D eigenvalue weighted by atomic mass is 16.6. The molecule has 44 heavy (non-hydrogen) atoms. The van der Waals surface area contributed by atoms with Crippen LogP contribution in [-0.2, 0) is 6.54 Å². The largest absolute Gasteiger partial charge is 0.497 e. The summed E-state index contributed by atoms with van der Waals surface area (Å²) in [5, 5.41) is 12.5. The van der Waals surface area contributed by atoms with Crippen LogP contribution in [0, 0.1) is 10.1 Å². The summed E-state index contributed by atoms with van der Waals surface area (Å²) >= 11 is 0. The van der Waals surface area contributed by atoms with Gasteiger partial charge in [-0.2, -0.15) is 0 Å². The minimum atomic E-state index is -0.544. The summed E-state index contributed by atoms with van der Waals surface area (Å²) in [6.07, 6.45) is 2.46. The van der Waals surface area contributed by atoms with Crippen molar-refractivity contribution >= 4 is 33.3 Å². The van der Waals surface area contributed by atoms with Crippen LogP contribution in [0.25, 0.3) is 21.8 Å². The number of methoxy groups -OCH3 is 3. The monoisotopic (exact) mass is 598 g/mol. The Bertz CT molecular complexity index is 2000. The summed E-state index contributed by atoms with van der Waals surface area (Å²) < 4.78 is 18.9. The van der Waals surface area contributed by atoms with E-state index in [0.717, 1.165) is 10.9 Å². The number of non-ortho nitro benzene ring substituents is 1. The number of rotatable bonds is 8. The Morgan fingerprint density at radius 3 is 2.25 bits per heavy atom. The number of nitrogens with zero attached hydrogens (tertiary/aromatic N) is 6. The highest BCUT2D eigenvalue weighted by Gasteiger charge is 2.28. The van der Waals surface area contributed by atoms with E-state index in [-0.39, 0.29) is 17.6 Å². The van der Waals surface area contributed by atoms with Crippen molar-refractivity contribution in [2.24, 2.45) is 0 Å². The molecule has 3 aromatic carbocycles. The molecule has 6 rings (SSSR count). The summed E-state index contributed by atoms with van der Waals surface area (Å²) in [7, 11) is 4.70. The Morgan fingerprint density at radius 2 is 1.59 bits per heavy atom. The van der Waals surface area contributed by atoms with E-state index < -0.39 is 22.2 Å². The van der Waals surface area contributed by atoms with Crippen molar-refractivity contribution in [2.75, 3.05) is 39.3 Å². The number of nitro benzene ring substituents is 1. The van der Waals surface area contributed by atoms with Gasteiger partial charge >= 0.3 is 5.69 Å². The molecule has 13 nitrogen and oxygen atoms in total. The third kappa shape index (κ3) is 5.06. The van der Waals surface area contributed by atoms with Crippen molar-refractivity contribution in [3.63, 3.8) is 0 Å². The second-order valence-electron chi connectivity index (χ2n) is 10.5. The van der Waals surface area contributed by atoms with Crippen molar-refractivity contribution in [3.05, 3.63) is 97.4 Å². The molecule has 1 aliphatic heterocycles. The second kappa shape index (κ2) is 11.7. The molecule has 226 valence electrons. The molecule has 5 aromatic rings. The molecule has 1 aliphatic rings. The van der Waals surface area contributed by atoms with E-state index in [1.165, 1.54) is 33.7 Å². The number of hydrogen-bond donors (Lipinski definition) is 0. The van der Waals surface area contributed by atoms with Gasteiger partial charge in [-0.25, -0.2) is 14.8 Å². The van der Waals surface area contributed by atoms with Crippen LogP contribution in [0.4, 0.5) is 11.5 Å². The van der Waals surface area contributed by atoms with Crippen LogP contribution in [0.1, 0.15) is 24.4 Å². The molecule has 13 heteroatoms. The quantitative estimate of drug-likeness (QED) is 0.190. The van der Waals surface area contributed by atoms with Gasteiger partial charge in [0.25, 0.3) is 11.2 Å². The number of hydrogen-bond acceptors (Lipinski definition) is 10. The lowest BCUT2D eigenvalue weighted by atomic mass is 10.0. The van der Waals surface area contributed by atoms with E-state index >= 15 is 0 Å². The van der Waals surface area contributed by atoms with E-state index in [9.17, 15) is 19.7 Å². The Labute approximate surface area is 251 Å². The minimum Gasteiger partial charge on any atom is -0.497 e. The van der Waals surface area contributed by atoms with Crippen LogP contribution in [0.2, 0.25) is 0 Å². The molecule has 0 unspecified atom stereocenters. The zero-order chi connectivity index (χ0) is 31.0. The third-order valence-electron chi connectivity index (χ3n) is 8.12. The van der Waals surface area contributed by atoms with Gasteiger partial charge < -0.3 is 19.1 Å². The Morgan fingerprint density at radius 1 is 0.886 bits per heavy atom. The average Bonchev–Trinajstić information content (AvgIpc) is 3.06. The maximum Gasteiger partial charge on any atom is 0.332 e. The maximum atomic E-state index is 14.0. The van der Waals surface area contributed by atoms with Gasteiger partial charge in [0.2, 0.25) is 0 Å². The maximum absolute atomic E-state index is 14.0. The molecule has 0 spiro atoms. The topological polar surface area (TPSA) is 144 Å².